The Morgan fingerprint density at radius 1 is 1.06 bits per heavy atom. The molecule has 0 spiro atoms. The van der Waals surface area contributed by atoms with E-state index >= 15 is 0 Å². The maximum absolute atomic E-state index is 13.1. The zero-order valence-electron chi connectivity index (χ0n) is 17.6. The predicted octanol–water partition coefficient (Wildman–Crippen LogP) is 3.12. The fraction of sp³-hybridized carbons (Fsp3) is 0.318. The number of piperazine rings is 1. The number of sulfonamides is 1. The Kier molecular flexibility index (Phi) is 5.88. The summed E-state index contributed by atoms with van der Waals surface area (Å²) in [4.78, 5) is 14.6. The molecule has 1 fully saturated rings. The summed E-state index contributed by atoms with van der Waals surface area (Å²) >= 11 is 0. The zero-order chi connectivity index (χ0) is 22.0. The van der Waals surface area contributed by atoms with Crippen LogP contribution in [-0.2, 0) is 17.1 Å². The third kappa shape index (κ3) is 4.24. The number of aryl methyl sites for hydroxylation is 1. The highest BCUT2D eigenvalue weighted by Gasteiger charge is 2.30. The second-order valence-corrected chi connectivity index (χ2v) is 9.34. The number of benzene rings is 2. The molecular formula is C22H26N4O4S. The van der Waals surface area contributed by atoms with Gasteiger partial charge in [0.1, 0.15) is 5.75 Å². The molecule has 8 nitrogen and oxygen atoms in total. The standard InChI is InChI=1S/C22H26N4O4S/c1-3-30-21-7-5-4-6-19(21)23-22(27)25-12-14-26(15-13-25)31(28,29)18-8-9-20-17(16-18)10-11-24(20)2/h4-11,16H,3,12-15H2,1-2H3,(H,23,27). The van der Waals surface area contributed by atoms with E-state index < -0.39 is 10.0 Å². The summed E-state index contributed by atoms with van der Waals surface area (Å²) in [5.41, 5.74) is 1.58. The molecule has 0 saturated carbocycles. The van der Waals surface area contributed by atoms with Crippen molar-refractivity contribution in [2.24, 2.45) is 7.05 Å². The normalized spacial score (nSPS) is 15.2. The molecule has 2 heterocycles. The lowest BCUT2D eigenvalue weighted by atomic mass is 10.2. The monoisotopic (exact) mass is 442 g/mol. The lowest BCUT2D eigenvalue weighted by Gasteiger charge is -2.34. The molecule has 9 heteroatoms. The average Bonchev–Trinajstić information content (AvgIpc) is 3.15. The highest BCUT2D eigenvalue weighted by Crippen LogP contribution is 2.25. The highest BCUT2D eigenvalue weighted by atomic mass is 32.2. The second kappa shape index (κ2) is 8.60. The minimum atomic E-state index is -3.62. The largest absolute Gasteiger partial charge is 0.492 e. The first-order valence-corrected chi connectivity index (χ1v) is 11.7. The average molecular weight is 443 g/mol. The van der Waals surface area contributed by atoms with Crippen LogP contribution in [-0.4, -0.2) is 61.0 Å². The van der Waals surface area contributed by atoms with Gasteiger partial charge < -0.3 is 19.5 Å². The molecule has 0 atom stereocenters. The Bertz CT molecular complexity index is 1200. The summed E-state index contributed by atoms with van der Waals surface area (Å²) in [6.07, 6.45) is 1.90. The number of aromatic nitrogens is 1. The van der Waals surface area contributed by atoms with E-state index in [-0.39, 0.29) is 24.0 Å². The Labute approximate surface area is 182 Å². The molecule has 164 valence electrons. The number of hydrogen-bond donors (Lipinski definition) is 1. The van der Waals surface area contributed by atoms with Crippen molar-refractivity contribution in [1.29, 1.82) is 0 Å². The van der Waals surface area contributed by atoms with Gasteiger partial charge in [0.25, 0.3) is 0 Å². The van der Waals surface area contributed by atoms with Crippen molar-refractivity contribution < 1.29 is 17.9 Å². The van der Waals surface area contributed by atoms with Crippen LogP contribution < -0.4 is 10.1 Å². The number of fused-ring (bicyclic) bond motifs is 1. The Morgan fingerprint density at radius 2 is 1.81 bits per heavy atom. The van der Waals surface area contributed by atoms with E-state index in [1.807, 2.05) is 49.0 Å². The molecule has 4 rings (SSSR count). The molecule has 2 amide bonds. The molecule has 2 aromatic carbocycles. The summed E-state index contributed by atoms with van der Waals surface area (Å²) in [7, 11) is -1.70. The molecule has 1 N–H and O–H groups in total. The van der Waals surface area contributed by atoms with Crippen LogP contribution in [0.3, 0.4) is 0 Å². The molecule has 0 aliphatic carbocycles. The van der Waals surface area contributed by atoms with Crippen LogP contribution in [0.5, 0.6) is 5.75 Å². The van der Waals surface area contributed by atoms with E-state index in [4.69, 9.17) is 4.74 Å². The summed E-state index contributed by atoms with van der Waals surface area (Å²) in [6.45, 7) is 3.50. The number of urea groups is 1. The van der Waals surface area contributed by atoms with Crippen molar-refractivity contribution in [3.8, 4) is 5.75 Å². The SMILES string of the molecule is CCOc1ccccc1NC(=O)N1CCN(S(=O)(=O)c2ccc3c(ccn3C)c2)CC1. The number of nitrogens with zero attached hydrogens (tertiary/aromatic N) is 3. The summed E-state index contributed by atoms with van der Waals surface area (Å²) < 4.78 is 35.1. The molecule has 3 aromatic rings. The van der Waals surface area contributed by atoms with Gasteiger partial charge in [-0.2, -0.15) is 4.31 Å². The van der Waals surface area contributed by atoms with Crippen molar-refractivity contribution in [3.63, 3.8) is 0 Å². The lowest BCUT2D eigenvalue weighted by Crippen LogP contribution is -2.51. The maximum atomic E-state index is 13.1. The van der Waals surface area contributed by atoms with Crippen LogP contribution in [0.1, 0.15) is 6.92 Å². The van der Waals surface area contributed by atoms with E-state index in [1.165, 1.54) is 4.31 Å². The van der Waals surface area contributed by atoms with Gasteiger partial charge in [-0.25, -0.2) is 13.2 Å². The van der Waals surface area contributed by atoms with Gasteiger partial charge in [0.2, 0.25) is 10.0 Å². The van der Waals surface area contributed by atoms with Crippen molar-refractivity contribution in [1.82, 2.24) is 13.8 Å². The van der Waals surface area contributed by atoms with E-state index in [2.05, 4.69) is 5.32 Å². The molecule has 0 radical (unpaired) electrons. The van der Waals surface area contributed by atoms with Crippen LogP contribution in [0.2, 0.25) is 0 Å². The number of carbonyl (C=O) groups excluding carboxylic acids is 1. The van der Waals surface area contributed by atoms with Crippen LogP contribution in [0.25, 0.3) is 10.9 Å². The van der Waals surface area contributed by atoms with Crippen LogP contribution in [0.15, 0.2) is 59.6 Å². The molecule has 1 aliphatic rings. The number of anilines is 1. The fourth-order valence-electron chi connectivity index (χ4n) is 3.75. The quantitative estimate of drug-likeness (QED) is 0.658. The number of ether oxygens (including phenoxy) is 1. The number of rotatable bonds is 5. The van der Waals surface area contributed by atoms with Crippen LogP contribution in [0.4, 0.5) is 10.5 Å². The van der Waals surface area contributed by atoms with Crippen LogP contribution >= 0.6 is 0 Å². The smallest absolute Gasteiger partial charge is 0.322 e. The molecular weight excluding hydrogens is 416 g/mol. The molecule has 1 aliphatic heterocycles. The zero-order valence-corrected chi connectivity index (χ0v) is 18.4. The Hall–Kier alpha value is -3.04. The van der Waals surface area contributed by atoms with Gasteiger partial charge in [-0.3, -0.25) is 0 Å². The minimum Gasteiger partial charge on any atom is -0.492 e. The molecule has 31 heavy (non-hydrogen) atoms. The van der Waals surface area contributed by atoms with Gasteiger partial charge in [0.05, 0.1) is 17.2 Å². The minimum absolute atomic E-state index is 0.246. The van der Waals surface area contributed by atoms with E-state index in [0.717, 1.165) is 10.9 Å². The Balaban J connectivity index is 1.42. The third-order valence-corrected chi connectivity index (χ3v) is 7.34. The van der Waals surface area contributed by atoms with Crippen molar-refractivity contribution >= 4 is 32.6 Å². The van der Waals surface area contributed by atoms with Gasteiger partial charge in [-0.15, -0.1) is 0 Å². The molecule has 0 bridgehead atoms. The van der Waals surface area contributed by atoms with Gasteiger partial charge in [-0.1, -0.05) is 12.1 Å². The lowest BCUT2D eigenvalue weighted by molar-refractivity contribution is 0.184. The predicted molar refractivity (Wildman–Crippen MR) is 120 cm³/mol. The van der Waals surface area contributed by atoms with Gasteiger partial charge in [-0.05, 0) is 43.3 Å². The molecule has 0 unspecified atom stereocenters. The van der Waals surface area contributed by atoms with Gasteiger partial charge in [0, 0.05) is 50.3 Å². The van der Waals surface area contributed by atoms with Crippen molar-refractivity contribution in [3.05, 3.63) is 54.7 Å². The molecule has 1 saturated heterocycles. The summed E-state index contributed by atoms with van der Waals surface area (Å²) in [5, 5.41) is 3.75. The van der Waals surface area contributed by atoms with Crippen LogP contribution in [0, 0.1) is 0 Å². The van der Waals surface area contributed by atoms with Crippen molar-refractivity contribution in [2.75, 3.05) is 38.1 Å². The number of para-hydroxylation sites is 2. The molecule has 1 aromatic heterocycles. The van der Waals surface area contributed by atoms with E-state index in [9.17, 15) is 13.2 Å². The first kappa shape index (κ1) is 21.2. The second-order valence-electron chi connectivity index (χ2n) is 7.40. The summed E-state index contributed by atoms with van der Waals surface area (Å²) in [5.74, 6) is 0.607. The maximum Gasteiger partial charge on any atom is 0.322 e. The number of nitrogens with one attached hydrogen (secondary N) is 1. The number of hydrogen-bond acceptors (Lipinski definition) is 4. The van der Waals surface area contributed by atoms with E-state index in [1.54, 1.807) is 29.2 Å². The topological polar surface area (TPSA) is 83.9 Å². The third-order valence-electron chi connectivity index (χ3n) is 5.45. The van der Waals surface area contributed by atoms with Gasteiger partial charge in [0.15, 0.2) is 0 Å². The summed E-state index contributed by atoms with van der Waals surface area (Å²) in [6, 6.07) is 14.0. The number of carbonyl (C=O) groups is 1. The number of amides is 2. The van der Waals surface area contributed by atoms with Gasteiger partial charge >= 0.3 is 6.03 Å². The van der Waals surface area contributed by atoms with E-state index in [0.29, 0.717) is 31.1 Å². The first-order chi connectivity index (χ1) is 14.9. The first-order valence-electron chi connectivity index (χ1n) is 10.2. The fourth-order valence-corrected chi connectivity index (χ4v) is 5.20. The highest BCUT2D eigenvalue weighted by molar-refractivity contribution is 7.89. The Morgan fingerprint density at radius 3 is 2.55 bits per heavy atom. The van der Waals surface area contributed by atoms with Crippen molar-refractivity contribution in [2.45, 2.75) is 11.8 Å².